The predicted molar refractivity (Wildman–Crippen MR) is 103 cm³/mol. The van der Waals surface area contributed by atoms with Gasteiger partial charge in [0.1, 0.15) is 0 Å². The van der Waals surface area contributed by atoms with E-state index in [2.05, 4.69) is 5.10 Å². The molecule has 0 bridgehead atoms. The maximum absolute atomic E-state index is 7.28. The van der Waals surface area contributed by atoms with Crippen LogP contribution in [-0.4, -0.2) is 41.7 Å². The normalized spacial score (nSPS) is 10.2. The van der Waals surface area contributed by atoms with E-state index < -0.39 is 0 Å². The minimum absolute atomic E-state index is 0.276. The average molecular weight is 387 g/mol. The zero-order valence-corrected chi connectivity index (χ0v) is 15.7. The number of benzene rings is 1. The van der Waals surface area contributed by atoms with Crippen LogP contribution in [0.3, 0.4) is 0 Å². The van der Waals surface area contributed by atoms with Gasteiger partial charge >= 0.3 is 0 Å². The van der Waals surface area contributed by atoms with Crippen molar-refractivity contribution in [2.75, 3.05) is 13.2 Å². The van der Waals surface area contributed by atoms with Crippen molar-refractivity contribution in [3.05, 3.63) is 34.9 Å². The van der Waals surface area contributed by atoms with Gasteiger partial charge < -0.3 is 11.5 Å². The van der Waals surface area contributed by atoms with Gasteiger partial charge in [0.2, 0.25) is 11.9 Å². The molecule has 0 atom stereocenters. The lowest BCUT2D eigenvalue weighted by molar-refractivity contribution is -0.103. The molecule has 0 aromatic heterocycles. The molecule has 11 heteroatoms. The summed E-state index contributed by atoms with van der Waals surface area (Å²) in [5, 5.41) is 20.2. The highest BCUT2D eigenvalue weighted by atomic mass is 35.5. The Morgan fingerprint density at radius 2 is 1.69 bits per heavy atom. The molecule has 8 N–H and O–H groups in total. The molecular formula is C15H27ClN8O2. The van der Waals surface area contributed by atoms with Crippen LogP contribution in [0.4, 0.5) is 0 Å². The second kappa shape index (κ2) is 13.8. The molecule has 0 saturated heterocycles. The SMILES string of the molecule is CCCON(/N=C/c1ccccc1Cl)C(=N)N.CCCON(N)C(=N)N. The Labute approximate surface area is 158 Å². The molecule has 0 aliphatic rings. The Morgan fingerprint density at radius 3 is 2.19 bits per heavy atom. The van der Waals surface area contributed by atoms with Crippen molar-refractivity contribution in [3.8, 4) is 0 Å². The second-order valence-corrected chi connectivity index (χ2v) is 5.21. The molecule has 26 heavy (non-hydrogen) atoms. The van der Waals surface area contributed by atoms with Crippen LogP contribution < -0.4 is 17.3 Å². The molecule has 0 fully saturated rings. The third-order valence-electron chi connectivity index (χ3n) is 2.50. The van der Waals surface area contributed by atoms with Crippen molar-refractivity contribution < 1.29 is 9.68 Å². The summed E-state index contributed by atoms with van der Waals surface area (Å²) < 4.78 is 0. The van der Waals surface area contributed by atoms with Crippen LogP contribution in [0, 0.1) is 10.8 Å². The fourth-order valence-corrected chi connectivity index (χ4v) is 1.48. The Morgan fingerprint density at radius 1 is 1.12 bits per heavy atom. The minimum Gasteiger partial charge on any atom is -0.367 e. The Hall–Kier alpha value is -2.40. The highest BCUT2D eigenvalue weighted by Gasteiger charge is 2.04. The molecule has 1 rings (SSSR count). The van der Waals surface area contributed by atoms with E-state index in [1.165, 1.54) is 6.21 Å². The summed E-state index contributed by atoms with van der Waals surface area (Å²) in [5.74, 6) is 4.50. The van der Waals surface area contributed by atoms with Crippen molar-refractivity contribution in [2.24, 2.45) is 22.4 Å². The molecule has 0 amide bonds. The Balaban J connectivity index is 0.000000590. The number of nitrogens with one attached hydrogen (secondary N) is 2. The van der Waals surface area contributed by atoms with Crippen molar-refractivity contribution in [3.63, 3.8) is 0 Å². The van der Waals surface area contributed by atoms with E-state index in [4.69, 9.17) is 49.4 Å². The molecule has 0 radical (unpaired) electrons. The first kappa shape index (κ1) is 23.6. The number of nitrogens with zero attached hydrogens (tertiary/aromatic N) is 3. The van der Waals surface area contributed by atoms with Gasteiger partial charge in [-0.05, 0) is 18.9 Å². The molecule has 146 valence electrons. The van der Waals surface area contributed by atoms with E-state index >= 15 is 0 Å². The largest absolute Gasteiger partial charge is 0.367 e. The van der Waals surface area contributed by atoms with Gasteiger partial charge in [-0.1, -0.05) is 43.6 Å². The topological polar surface area (TPSA) is 163 Å². The summed E-state index contributed by atoms with van der Waals surface area (Å²) in [6.45, 7) is 4.82. The number of nitrogens with two attached hydrogens (primary N) is 3. The first-order chi connectivity index (χ1) is 12.3. The highest BCUT2D eigenvalue weighted by molar-refractivity contribution is 6.33. The first-order valence-corrected chi connectivity index (χ1v) is 8.28. The first-order valence-electron chi connectivity index (χ1n) is 7.90. The number of hydrazone groups is 1. The van der Waals surface area contributed by atoms with Gasteiger partial charge in [0, 0.05) is 10.6 Å². The molecule has 0 aliphatic heterocycles. The third-order valence-corrected chi connectivity index (χ3v) is 2.85. The summed E-state index contributed by atoms with van der Waals surface area (Å²) >= 11 is 5.96. The molecule has 0 unspecified atom stereocenters. The summed E-state index contributed by atoms with van der Waals surface area (Å²) in [6, 6.07) is 7.24. The lowest BCUT2D eigenvalue weighted by atomic mass is 10.2. The van der Waals surface area contributed by atoms with E-state index in [-0.39, 0.29) is 11.9 Å². The summed E-state index contributed by atoms with van der Waals surface area (Å²) in [6.07, 6.45) is 3.16. The van der Waals surface area contributed by atoms with Gasteiger partial charge in [0.25, 0.3) is 0 Å². The van der Waals surface area contributed by atoms with E-state index in [0.29, 0.717) is 18.2 Å². The van der Waals surface area contributed by atoms with E-state index in [1.807, 2.05) is 32.0 Å². The standard InChI is InChI=1S/C11H15ClN4O.C4H12N4O/c1-2-7-17-16(11(13)14)15-8-9-5-3-4-6-10(9)12;1-2-3-9-8(7)4(5)6/h3-6,8H,2,7H2,1H3,(H3,13,14);2-3,7H2,1H3,(H3,5,6)/b15-8+;. The van der Waals surface area contributed by atoms with Crippen LogP contribution in [-0.2, 0) is 9.68 Å². The van der Waals surface area contributed by atoms with Crippen LogP contribution >= 0.6 is 11.6 Å². The zero-order chi connectivity index (χ0) is 19.9. The molecule has 1 aromatic rings. The number of rotatable bonds is 8. The molecule has 0 heterocycles. The monoisotopic (exact) mass is 386 g/mol. The van der Waals surface area contributed by atoms with Gasteiger partial charge in [-0.25, -0.2) is 10.7 Å². The zero-order valence-electron chi connectivity index (χ0n) is 15.0. The molecular weight excluding hydrogens is 360 g/mol. The fraction of sp³-hybridized carbons (Fsp3) is 0.400. The van der Waals surface area contributed by atoms with Crippen molar-refractivity contribution in [1.29, 1.82) is 10.8 Å². The van der Waals surface area contributed by atoms with Crippen LogP contribution in [0.5, 0.6) is 0 Å². The number of hydrogen-bond donors (Lipinski definition) is 5. The van der Waals surface area contributed by atoms with Gasteiger partial charge in [-0.2, -0.15) is 10.3 Å². The lowest BCUT2D eigenvalue weighted by Crippen LogP contribution is -2.41. The number of halogens is 1. The number of hydrogen-bond acceptors (Lipinski definition) is 6. The molecule has 1 aromatic carbocycles. The molecule has 0 aliphatic carbocycles. The van der Waals surface area contributed by atoms with Crippen LogP contribution in [0.15, 0.2) is 29.4 Å². The van der Waals surface area contributed by atoms with Gasteiger partial charge in [-0.15, -0.1) is 5.17 Å². The highest BCUT2D eigenvalue weighted by Crippen LogP contribution is 2.12. The lowest BCUT2D eigenvalue weighted by Gasteiger charge is -2.14. The summed E-state index contributed by atoms with van der Waals surface area (Å²) in [4.78, 5) is 9.87. The summed E-state index contributed by atoms with van der Waals surface area (Å²) in [7, 11) is 0. The summed E-state index contributed by atoms with van der Waals surface area (Å²) in [5.41, 5.74) is 11.0. The average Bonchev–Trinajstić information content (AvgIpc) is 2.61. The van der Waals surface area contributed by atoms with Gasteiger partial charge in [0.05, 0.1) is 19.4 Å². The number of guanidine groups is 2. The van der Waals surface area contributed by atoms with E-state index in [0.717, 1.165) is 28.7 Å². The molecule has 0 saturated carbocycles. The van der Waals surface area contributed by atoms with Crippen LogP contribution in [0.2, 0.25) is 5.02 Å². The van der Waals surface area contributed by atoms with E-state index in [1.54, 1.807) is 6.07 Å². The van der Waals surface area contributed by atoms with Gasteiger partial charge in [0.15, 0.2) is 0 Å². The third kappa shape index (κ3) is 10.5. The smallest absolute Gasteiger partial charge is 0.236 e. The van der Waals surface area contributed by atoms with E-state index in [9.17, 15) is 0 Å². The van der Waals surface area contributed by atoms with Crippen LogP contribution in [0.25, 0.3) is 0 Å². The Bertz CT molecular complexity index is 585. The maximum Gasteiger partial charge on any atom is 0.236 e. The van der Waals surface area contributed by atoms with Crippen molar-refractivity contribution in [2.45, 2.75) is 26.7 Å². The number of hydroxylamine groups is 2. The minimum atomic E-state index is -0.288. The quantitative estimate of drug-likeness (QED) is 0.196. The predicted octanol–water partition coefficient (Wildman–Crippen LogP) is 1.61. The molecule has 0 spiro atoms. The Kier molecular flexibility index (Phi) is 12.6. The molecule has 10 nitrogen and oxygen atoms in total. The van der Waals surface area contributed by atoms with Gasteiger partial charge in [-0.3, -0.25) is 15.7 Å². The fourth-order valence-electron chi connectivity index (χ4n) is 1.30. The maximum atomic E-state index is 7.28. The van der Waals surface area contributed by atoms with Crippen molar-refractivity contribution >= 4 is 29.7 Å². The van der Waals surface area contributed by atoms with Crippen molar-refractivity contribution in [1.82, 2.24) is 10.3 Å². The van der Waals surface area contributed by atoms with Crippen LogP contribution in [0.1, 0.15) is 32.3 Å². The number of hydrazine groups is 1. The second-order valence-electron chi connectivity index (χ2n) is 4.80.